The Balaban J connectivity index is 1.73. The second-order valence-electron chi connectivity index (χ2n) is 4.72. The maximum atomic E-state index is 8.77. The van der Waals surface area contributed by atoms with Crippen LogP contribution in [0.1, 0.15) is 31.4 Å². The Labute approximate surface area is 94.7 Å². The van der Waals surface area contributed by atoms with Gasteiger partial charge in [-0.1, -0.05) is 0 Å². The summed E-state index contributed by atoms with van der Waals surface area (Å²) in [6.45, 7) is 0. The van der Waals surface area contributed by atoms with Gasteiger partial charge in [-0.05, 0) is 43.6 Å². The van der Waals surface area contributed by atoms with Gasteiger partial charge in [0.2, 0.25) is 5.95 Å². The summed E-state index contributed by atoms with van der Waals surface area (Å²) < 4.78 is 0. The smallest absolute Gasteiger partial charge is 0.224 e. The second kappa shape index (κ2) is 3.75. The topological polar surface area (TPSA) is 61.6 Å². The molecule has 0 bridgehead atoms. The Bertz CT molecular complexity index is 417. The lowest BCUT2D eigenvalue weighted by Gasteiger charge is -2.17. The summed E-state index contributed by atoms with van der Waals surface area (Å²) in [4.78, 5) is 8.34. The zero-order valence-electron chi connectivity index (χ0n) is 9.06. The maximum Gasteiger partial charge on any atom is 0.224 e. The summed E-state index contributed by atoms with van der Waals surface area (Å²) in [5.41, 5.74) is 0.433. The van der Waals surface area contributed by atoms with Gasteiger partial charge in [0.15, 0.2) is 0 Å². The highest BCUT2D eigenvalue weighted by Gasteiger charge is 2.41. The van der Waals surface area contributed by atoms with E-state index in [1.54, 1.807) is 12.3 Å². The molecule has 0 unspecified atom stereocenters. The molecule has 2 aliphatic rings. The monoisotopic (exact) mass is 214 g/mol. The molecule has 4 heteroatoms. The molecule has 2 saturated carbocycles. The minimum Gasteiger partial charge on any atom is -0.351 e. The van der Waals surface area contributed by atoms with Crippen LogP contribution in [0.2, 0.25) is 0 Å². The third kappa shape index (κ3) is 1.99. The fourth-order valence-electron chi connectivity index (χ4n) is 2.17. The van der Waals surface area contributed by atoms with Crippen LogP contribution in [-0.2, 0) is 0 Å². The van der Waals surface area contributed by atoms with Crippen LogP contribution in [0.25, 0.3) is 0 Å². The molecular weight excluding hydrogens is 200 g/mol. The molecule has 2 aliphatic carbocycles. The van der Waals surface area contributed by atoms with Gasteiger partial charge in [-0.25, -0.2) is 9.97 Å². The minimum absolute atomic E-state index is 0.433. The molecule has 0 aliphatic heterocycles. The number of nitrogens with one attached hydrogen (secondary N) is 1. The average molecular weight is 214 g/mol. The fraction of sp³-hybridized carbons (Fsp3) is 0.583. The quantitative estimate of drug-likeness (QED) is 0.832. The van der Waals surface area contributed by atoms with E-state index in [4.69, 9.17) is 5.26 Å². The molecule has 0 spiro atoms. The predicted molar refractivity (Wildman–Crippen MR) is 59.6 cm³/mol. The van der Waals surface area contributed by atoms with Crippen LogP contribution in [0, 0.1) is 23.2 Å². The first-order chi connectivity index (χ1) is 7.86. The van der Waals surface area contributed by atoms with Gasteiger partial charge in [-0.3, -0.25) is 0 Å². The molecular formula is C12H14N4. The van der Waals surface area contributed by atoms with Crippen LogP contribution in [0.15, 0.2) is 12.3 Å². The molecule has 0 atom stereocenters. The van der Waals surface area contributed by atoms with E-state index in [2.05, 4.69) is 15.3 Å². The molecule has 1 aromatic heterocycles. The molecule has 0 radical (unpaired) electrons. The molecule has 0 saturated heterocycles. The number of hydrogen-bond acceptors (Lipinski definition) is 4. The molecule has 4 nitrogen and oxygen atoms in total. The maximum absolute atomic E-state index is 8.77. The van der Waals surface area contributed by atoms with Crippen molar-refractivity contribution in [2.24, 2.45) is 11.8 Å². The number of anilines is 1. The summed E-state index contributed by atoms with van der Waals surface area (Å²) in [5.74, 6) is 2.23. The summed E-state index contributed by atoms with van der Waals surface area (Å²) in [5, 5.41) is 12.2. The number of nitriles is 1. The van der Waals surface area contributed by atoms with Gasteiger partial charge >= 0.3 is 0 Å². The lowest BCUT2D eigenvalue weighted by molar-refractivity contribution is 0.563. The van der Waals surface area contributed by atoms with E-state index < -0.39 is 0 Å². The zero-order chi connectivity index (χ0) is 11.0. The molecule has 2 fully saturated rings. The Morgan fingerprint density at radius 3 is 2.56 bits per heavy atom. The highest BCUT2D eigenvalue weighted by Crippen LogP contribution is 2.45. The highest BCUT2D eigenvalue weighted by molar-refractivity contribution is 5.32. The van der Waals surface area contributed by atoms with E-state index in [9.17, 15) is 0 Å². The lowest BCUT2D eigenvalue weighted by atomic mass is 10.1. The first-order valence-electron chi connectivity index (χ1n) is 5.86. The van der Waals surface area contributed by atoms with Crippen molar-refractivity contribution in [1.29, 1.82) is 5.26 Å². The van der Waals surface area contributed by atoms with Crippen molar-refractivity contribution in [2.75, 3.05) is 5.32 Å². The van der Waals surface area contributed by atoms with Gasteiger partial charge in [-0.2, -0.15) is 5.26 Å². The normalized spacial score (nSPS) is 19.5. The van der Waals surface area contributed by atoms with E-state index in [-0.39, 0.29) is 0 Å². The van der Waals surface area contributed by atoms with Gasteiger partial charge in [0.25, 0.3) is 0 Å². The van der Waals surface area contributed by atoms with Crippen molar-refractivity contribution < 1.29 is 0 Å². The lowest BCUT2D eigenvalue weighted by Crippen LogP contribution is -2.25. The van der Waals surface area contributed by atoms with E-state index in [1.165, 1.54) is 25.7 Å². The van der Waals surface area contributed by atoms with Gasteiger partial charge in [0.1, 0.15) is 11.8 Å². The van der Waals surface area contributed by atoms with Crippen molar-refractivity contribution in [3.05, 3.63) is 18.0 Å². The van der Waals surface area contributed by atoms with Crippen LogP contribution in [0.4, 0.5) is 5.95 Å². The summed E-state index contributed by atoms with van der Waals surface area (Å²) in [6, 6.07) is 4.21. The van der Waals surface area contributed by atoms with Crippen LogP contribution in [0.5, 0.6) is 0 Å². The Morgan fingerprint density at radius 1 is 1.31 bits per heavy atom. The van der Waals surface area contributed by atoms with Crippen LogP contribution in [0.3, 0.4) is 0 Å². The summed E-state index contributed by atoms with van der Waals surface area (Å²) >= 11 is 0. The second-order valence-corrected chi connectivity index (χ2v) is 4.72. The van der Waals surface area contributed by atoms with E-state index >= 15 is 0 Å². The van der Waals surface area contributed by atoms with Gasteiger partial charge in [0.05, 0.1) is 0 Å². The number of aromatic nitrogens is 2. The van der Waals surface area contributed by atoms with Crippen molar-refractivity contribution in [2.45, 2.75) is 31.7 Å². The minimum atomic E-state index is 0.433. The zero-order valence-corrected chi connectivity index (χ0v) is 9.06. The van der Waals surface area contributed by atoms with Crippen molar-refractivity contribution in [3.8, 4) is 6.07 Å². The first kappa shape index (κ1) is 9.59. The number of nitrogens with zero attached hydrogens (tertiary/aromatic N) is 3. The summed E-state index contributed by atoms with van der Waals surface area (Å²) in [7, 11) is 0. The van der Waals surface area contributed by atoms with Gasteiger partial charge in [0, 0.05) is 12.2 Å². The highest BCUT2D eigenvalue weighted by atomic mass is 15.1. The van der Waals surface area contributed by atoms with E-state index in [0.29, 0.717) is 17.7 Å². The SMILES string of the molecule is N#Cc1ccnc(NC(C2CC2)C2CC2)n1. The molecule has 1 heterocycles. The fourth-order valence-corrected chi connectivity index (χ4v) is 2.17. The number of hydrogen-bond donors (Lipinski definition) is 1. The average Bonchev–Trinajstić information content (AvgIpc) is 3.18. The number of rotatable bonds is 4. The van der Waals surface area contributed by atoms with Crippen molar-refractivity contribution >= 4 is 5.95 Å². The molecule has 1 aromatic rings. The van der Waals surface area contributed by atoms with Crippen LogP contribution >= 0.6 is 0 Å². The van der Waals surface area contributed by atoms with E-state index in [0.717, 1.165) is 11.8 Å². The Kier molecular flexibility index (Phi) is 2.24. The molecule has 82 valence electrons. The van der Waals surface area contributed by atoms with Crippen LogP contribution in [-0.4, -0.2) is 16.0 Å². The largest absolute Gasteiger partial charge is 0.351 e. The standard InChI is InChI=1S/C12H14N4/c13-7-10-5-6-14-12(15-10)16-11(8-1-2-8)9-3-4-9/h5-6,8-9,11H,1-4H2,(H,14,15,16). The van der Waals surface area contributed by atoms with E-state index in [1.807, 2.05) is 6.07 Å². The van der Waals surface area contributed by atoms with Crippen molar-refractivity contribution in [3.63, 3.8) is 0 Å². The third-order valence-electron chi connectivity index (χ3n) is 3.33. The predicted octanol–water partition coefficient (Wildman–Crippen LogP) is 1.95. The molecule has 1 N–H and O–H groups in total. The first-order valence-corrected chi connectivity index (χ1v) is 5.86. The van der Waals surface area contributed by atoms with Crippen LogP contribution < -0.4 is 5.32 Å². The molecule has 3 rings (SSSR count). The Morgan fingerprint density at radius 2 is 2.00 bits per heavy atom. The van der Waals surface area contributed by atoms with Crippen molar-refractivity contribution in [1.82, 2.24) is 9.97 Å². The molecule has 16 heavy (non-hydrogen) atoms. The molecule has 0 amide bonds. The summed E-state index contributed by atoms with van der Waals surface area (Å²) in [6.07, 6.45) is 6.95. The van der Waals surface area contributed by atoms with Gasteiger partial charge in [-0.15, -0.1) is 0 Å². The van der Waals surface area contributed by atoms with Gasteiger partial charge < -0.3 is 5.32 Å². The molecule has 0 aromatic carbocycles. The third-order valence-corrected chi connectivity index (χ3v) is 3.33. The Hall–Kier alpha value is -1.63.